The van der Waals surface area contributed by atoms with E-state index in [2.05, 4.69) is 0 Å². The SMILES string of the molecule is CCC(OCOC)Oc1cccc(OC(CC)OCOC)c1. The molecule has 22 heavy (non-hydrogen) atoms. The van der Waals surface area contributed by atoms with Crippen molar-refractivity contribution in [2.45, 2.75) is 39.3 Å². The first-order valence-corrected chi connectivity index (χ1v) is 7.37. The van der Waals surface area contributed by atoms with Crippen LogP contribution in [0.25, 0.3) is 0 Å². The van der Waals surface area contributed by atoms with Gasteiger partial charge in [0.15, 0.2) is 13.6 Å². The van der Waals surface area contributed by atoms with Crippen molar-refractivity contribution in [3.63, 3.8) is 0 Å². The molecule has 6 heteroatoms. The summed E-state index contributed by atoms with van der Waals surface area (Å²) in [5, 5.41) is 0. The third kappa shape index (κ3) is 7.09. The predicted molar refractivity (Wildman–Crippen MR) is 81.8 cm³/mol. The number of methoxy groups -OCH3 is 2. The van der Waals surface area contributed by atoms with Gasteiger partial charge in [-0.2, -0.15) is 0 Å². The molecule has 0 heterocycles. The Morgan fingerprint density at radius 1 is 0.818 bits per heavy atom. The van der Waals surface area contributed by atoms with E-state index in [9.17, 15) is 0 Å². The first-order valence-electron chi connectivity index (χ1n) is 7.37. The second kappa shape index (κ2) is 11.3. The van der Waals surface area contributed by atoms with Gasteiger partial charge in [-0.25, -0.2) is 0 Å². The van der Waals surface area contributed by atoms with Gasteiger partial charge in [-0.05, 0) is 12.1 Å². The Bertz CT molecular complexity index is 365. The zero-order valence-electron chi connectivity index (χ0n) is 13.7. The zero-order valence-corrected chi connectivity index (χ0v) is 13.7. The van der Waals surface area contributed by atoms with E-state index in [1.165, 1.54) is 0 Å². The van der Waals surface area contributed by atoms with Gasteiger partial charge < -0.3 is 28.4 Å². The fourth-order valence-electron chi connectivity index (χ4n) is 1.68. The smallest absolute Gasteiger partial charge is 0.202 e. The van der Waals surface area contributed by atoms with Crippen LogP contribution < -0.4 is 9.47 Å². The fourth-order valence-corrected chi connectivity index (χ4v) is 1.68. The lowest BCUT2D eigenvalue weighted by molar-refractivity contribution is -0.150. The molecule has 0 N–H and O–H groups in total. The third-order valence-electron chi connectivity index (χ3n) is 2.75. The summed E-state index contributed by atoms with van der Waals surface area (Å²) < 4.78 is 32.1. The highest BCUT2D eigenvalue weighted by atomic mass is 16.8. The summed E-state index contributed by atoms with van der Waals surface area (Å²) in [5.41, 5.74) is 0. The van der Waals surface area contributed by atoms with Gasteiger partial charge in [0.1, 0.15) is 11.5 Å². The minimum atomic E-state index is -0.359. The van der Waals surface area contributed by atoms with Crippen molar-refractivity contribution in [1.82, 2.24) is 0 Å². The Hall–Kier alpha value is -1.34. The van der Waals surface area contributed by atoms with E-state index in [4.69, 9.17) is 28.4 Å². The molecule has 0 aliphatic carbocycles. The first-order chi connectivity index (χ1) is 10.7. The highest BCUT2D eigenvalue weighted by Crippen LogP contribution is 2.23. The molecule has 0 saturated heterocycles. The van der Waals surface area contributed by atoms with Crippen LogP contribution in [0.15, 0.2) is 24.3 Å². The summed E-state index contributed by atoms with van der Waals surface area (Å²) in [6.07, 6.45) is 0.704. The maximum atomic E-state index is 5.75. The Morgan fingerprint density at radius 2 is 1.27 bits per heavy atom. The molecule has 0 fully saturated rings. The number of rotatable bonds is 12. The highest BCUT2D eigenvalue weighted by molar-refractivity contribution is 5.33. The summed E-state index contributed by atoms with van der Waals surface area (Å²) in [5.74, 6) is 1.34. The maximum Gasteiger partial charge on any atom is 0.202 e. The van der Waals surface area contributed by atoms with Crippen LogP contribution in [0.2, 0.25) is 0 Å². The van der Waals surface area contributed by atoms with Crippen LogP contribution in [0, 0.1) is 0 Å². The zero-order chi connectivity index (χ0) is 16.2. The van der Waals surface area contributed by atoms with Gasteiger partial charge in [-0.3, -0.25) is 0 Å². The summed E-state index contributed by atoms with van der Waals surface area (Å²) >= 11 is 0. The molecule has 2 atom stereocenters. The van der Waals surface area contributed by atoms with Gasteiger partial charge in [0.25, 0.3) is 0 Å². The summed E-state index contributed by atoms with van der Waals surface area (Å²) in [6.45, 7) is 4.34. The maximum absolute atomic E-state index is 5.75. The van der Waals surface area contributed by atoms with Crippen LogP contribution in [0.3, 0.4) is 0 Å². The summed E-state index contributed by atoms with van der Waals surface area (Å²) in [4.78, 5) is 0. The summed E-state index contributed by atoms with van der Waals surface area (Å²) in [7, 11) is 3.15. The van der Waals surface area contributed by atoms with Crippen LogP contribution in [0.4, 0.5) is 0 Å². The molecular formula is C16H26O6. The molecule has 1 rings (SSSR count). The molecule has 0 aliphatic rings. The average Bonchev–Trinajstić information content (AvgIpc) is 2.55. The van der Waals surface area contributed by atoms with E-state index in [0.29, 0.717) is 24.3 Å². The van der Waals surface area contributed by atoms with Crippen LogP contribution in [0.1, 0.15) is 26.7 Å². The Balaban J connectivity index is 2.60. The van der Waals surface area contributed by atoms with Crippen molar-refractivity contribution >= 4 is 0 Å². The van der Waals surface area contributed by atoms with E-state index in [1.807, 2.05) is 32.0 Å². The Kier molecular flexibility index (Phi) is 9.57. The van der Waals surface area contributed by atoms with Crippen LogP contribution >= 0.6 is 0 Å². The lowest BCUT2D eigenvalue weighted by Crippen LogP contribution is -2.22. The molecule has 0 radical (unpaired) electrons. The van der Waals surface area contributed by atoms with Gasteiger partial charge in [0.2, 0.25) is 12.6 Å². The lowest BCUT2D eigenvalue weighted by atomic mass is 10.3. The first kappa shape index (κ1) is 18.7. The van der Waals surface area contributed by atoms with Crippen molar-refractivity contribution in [2.24, 2.45) is 0 Å². The molecule has 6 nitrogen and oxygen atoms in total. The summed E-state index contributed by atoms with van der Waals surface area (Å²) in [6, 6.07) is 7.36. The molecule has 126 valence electrons. The average molecular weight is 314 g/mol. The minimum Gasteiger partial charge on any atom is -0.465 e. The number of benzene rings is 1. The molecule has 1 aromatic carbocycles. The second-order valence-corrected chi connectivity index (χ2v) is 4.53. The molecule has 0 bridgehead atoms. The van der Waals surface area contributed by atoms with Gasteiger partial charge in [-0.1, -0.05) is 19.9 Å². The van der Waals surface area contributed by atoms with Gasteiger partial charge >= 0.3 is 0 Å². The van der Waals surface area contributed by atoms with Crippen LogP contribution in [0.5, 0.6) is 11.5 Å². The standard InChI is InChI=1S/C16H26O6/c1-5-15(19-11-17-3)21-13-8-7-9-14(10-13)22-16(6-2)20-12-18-4/h7-10,15-16H,5-6,11-12H2,1-4H3. The van der Waals surface area contributed by atoms with Crippen molar-refractivity contribution in [3.05, 3.63) is 24.3 Å². The quantitative estimate of drug-likeness (QED) is 0.552. The normalized spacial score (nSPS) is 13.6. The predicted octanol–water partition coefficient (Wildman–Crippen LogP) is 3.16. The molecule has 0 spiro atoms. The van der Waals surface area contributed by atoms with E-state index in [-0.39, 0.29) is 26.2 Å². The van der Waals surface area contributed by atoms with E-state index >= 15 is 0 Å². The largest absolute Gasteiger partial charge is 0.465 e. The van der Waals surface area contributed by atoms with Gasteiger partial charge in [-0.15, -0.1) is 0 Å². The topological polar surface area (TPSA) is 55.4 Å². The molecule has 0 aliphatic heterocycles. The fraction of sp³-hybridized carbons (Fsp3) is 0.625. The van der Waals surface area contributed by atoms with Crippen LogP contribution in [-0.2, 0) is 18.9 Å². The van der Waals surface area contributed by atoms with Crippen molar-refractivity contribution < 1.29 is 28.4 Å². The number of ether oxygens (including phenoxy) is 6. The monoisotopic (exact) mass is 314 g/mol. The van der Waals surface area contributed by atoms with Gasteiger partial charge in [0.05, 0.1) is 0 Å². The third-order valence-corrected chi connectivity index (χ3v) is 2.75. The second-order valence-electron chi connectivity index (χ2n) is 4.53. The molecule has 1 aromatic rings. The molecule has 0 aromatic heterocycles. The molecular weight excluding hydrogens is 288 g/mol. The van der Waals surface area contributed by atoms with Gasteiger partial charge in [0, 0.05) is 33.1 Å². The van der Waals surface area contributed by atoms with Crippen molar-refractivity contribution in [2.75, 3.05) is 27.8 Å². The lowest BCUT2D eigenvalue weighted by Gasteiger charge is -2.20. The highest BCUT2D eigenvalue weighted by Gasteiger charge is 2.11. The minimum absolute atomic E-state index is 0.192. The molecule has 0 amide bonds. The van der Waals surface area contributed by atoms with Crippen LogP contribution in [-0.4, -0.2) is 40.4 Å². The van der Waals surface area contributed by atoms with Crippen molar-refractivity contribution in [1.29, 1.82) is 0 Å². The van der Waals surface area contributed by atoms with E-state index in [1.54, 1.807) is 20.3 Å². The number of hydrogen-bond acceptors (Lipinski definition) is 6. The number of hydrogen-bond donors (Lipinski definition) is 0. The van der Waals surface area contributed by atoms with E-state index in [0.717, 1.165) is 0 Å². The Morgan fingerprint density at radius 3 is 1.64 bits per heavy atom. The molecule has 2 unspecified atom stereocenters. The Labute approximate surface area is 132 Å². The van der Waals surface area contributed by atoms with Crippen molar-refractivity contribution in [3.8, 4) is 11.5 Å². The molecule has 0 saturated carbocycles. The van der Waals surface area contributed by atoms with E-state index < -0.39 is 0 Å².